The Morgan fingerprint density at radius 1 is 0.946 bits per heavy atom. The van der Waals surface area contributed by atoms with Crippen LogP contribution in [0.4, 0.5) is 20.2 Å². The number of para-hydroxylation sites is 1. The van der Waals surface area contributed by atoms with Gasteiger partial charge in [-0.1, -0.05) is 24.2 Å². The zero-order valence-corrected chi connectivity index (χ0v) is 21.7. The van der Waals surface area contributed by atoms with Gasteiger partial charge in [-0.05, 0) is 54.1 Å². The summed E-state index contributed by atoms with van der Waals surface area (Å²) in [5.41, 5.74) is 1.94. The highest BCUT2D eigenvalue weighted by Gasteiger charge is 2.20. The third-order valence-electron chi connectivity index (χ3n) is 5.74. The molecule has 0 unspecified atom stereocenters. The van der Waals surface area contributed by atoms with E-state index in [4.69, 9.17) is 25.8 Å². The Morgan fingerprint density at radius 2 is 1.59 bits per heavy atom. The van der Waals surface area contributed by atoms with Gasteiger partial charge in [0.1, 0.15) is 23.1 Å². The summed E-state index contributed by atoms with van der Waals surface area (Å²) in [4.78, 5) is 15.5. The Kier molecular flexibility index (Phi) is 10.0. The van der Waals surface area contributed by atoms with Crippen LogP contribution in [0.15, 0.2) is 61.2 Å². The molecule has 196 valence electrons. The smallest absolute Gasteiger partial charge is 0.198 e. The van der Waals surface area contributed by atoms with Crippen LogP contribution in [0.1, 0.15) is 21.5 Å². The van der Waals surface area contributed by atoms with Crippen molar-refractivity contribution in [3.8, 4) is 5.75 Å². The maximum atomic E-state index is 14.0. The Bertz CT molecular complexity index is 1240. The number of nitrogens with one attached hydrogen (secondary N) is 1. The normalized spacial score (nSPS) is 10.8. The van der Waals surface area contributed by atoms with Crippen LogP contribution >= 0.6 is 11.6 Å². The molecule has 6 nitrogen and oxygen atoms in total. The van der Waals surface area contributed by atoms with Gasteiger partial charge in [-0.25, -0.2) is 8.78 Å². The molecule has 0 aliphatic heterocycles. The van der Waals surface area contributed by atoms with Gasteiger partial charge in [0.2, 0.25) is 0 Å². The van der Waals surface area contributed by atoms with Crippen LogP contribution in [0, 0.1) is 11.6 Å². The first kappa shape index (κ1) is 28.1. The molecule has 0 spiro atoms. The monoisotopic (exact) mass is 530 g/mol. The van der Waals surface area contributed by atoms with Gasteiger partial charge in [0.05, 0.1) is 30.9 Å². The predicted molar refractivity (Wildman–Crippen MR) is 142 cm³/mol. The Labute approximate surface area is 220 Å². The fourth-order valence-corrected chi connectivity index (χ4v) is 3.98. The quantitative estimate of drug-likeness (QED) is 0.267. The van der Waals surface area contributed by atoms with Crippen LogP contribution in [-0.4, -0.2) is 58.3 Å². The van der Waals surface area contributed by atoms with E-state index < -0.39 is 11.6 Å². The molecular weight excluding hydrogens is 502 g/mol. The number of halogens is 3. The summed E-state index contributed by atoms with van der Waals surface area (Å²) in [5.74, 6) is -1.50. The van der Waals surface area contributed by atoms with Crippen molar-refractivity contribution < 1.29 is 27.8 Å². The van der Waals surface area contributed by atoms with Gasteiger partial charge in [-0.3, -0.25) is 4.79 Å². The zero-order chi connectivity index (χ0) is 26.9. The summed E-state index contributed by atoms with van der Waals surface area (Å²) in [6, 6.07) is 13.2. The lowest BCUT2D eigenvalue weighted by molar-refractivity contribution is 0.103. The molecule has 3 aromatic rings. The first-order chi connectivity index (χ1) is 17.8. The van der Waals surface area contributed by atoms with E-state index >= 15 is 0 Å². The fraction of sp³-hybridized carbons (Fsp3) is 0.250. The van der Waals surface area contributed by atoms with Gasteiger partial charge in [-0.15, -0.1) is 0 Å². The van der Waals surface area contributed by atoms with E-state index in [-0.39, 0.29) is 22.1 Å². The summed E-state index contributed by atoms with van der Waals surface area (Å²) in [6.45, 7) is 6.39. The molecule has 0 fully saturated rings. The molecule has 0 heterocycles. The van der Waals surface area contributed by atoms with E-state index in [1.165, 1.54) is 31.4 Å². The molecule has 3 rings (SSSR count). The lowest BCUT2D eigenvalue weighted by Gasteiger charge is -2.27. The molecule has 3 aromatic carbocycles. The van der Waals surface area contributed by atoms with Crippen molar-refractivity contribution in [2.24, 2.45) is 0 Å². The Balaban J connectivity index is 1.91. The first-order valence-electron chi connectivity index (χ1n) is 11.5. The maximum absolute atomic E-state index is 14.0. The number of carbonyl (C=O) groups is 1. The molecule has 0 aliphatic rings. The van der Waals surface area contributed by atoms with Crippen molar-refractivity contribution in [2.75, 3.05) is 52.9 Å². The number of rotatable bonds is 13. The van der Waals surface area contributed by atoms with Crippen LogP contribution in [-0.2, 0) is 9.47 Å². The van der Waals surface area contributed by atoms with E-state index in [9.17, 15) is 13.6 Å². The number of ether oxygens (including phenoxy) is 3. The highest BCUT2D eigenvalue weighted by Crippen LogP contribution is 2.31. The van der Waals surface area contributed by atoms with Crippen molar-refractivity contribution in [2.45, 2.75) is 0 Å². The minimum atomic E-state index is -0.747. The number of hydrogen-bond donors (Lipinski definition) is 1. The number of hydrogen-bond acceptors (Lipinski definition) is 6. The molecule has 0 amide bonds. The van der Waals surface area contributed by atoms with E-state index in [1.54, 1.807) is 26.4 Å². The largest absolute Gasteiger partial charge is 0.496 e. The molecule has 37 heavy (non-hydrogen) atoms. The standard InChI is InChI=1S/C28H29ClF2N2O4/c1-18(33(12-14-35-2)13-15-36-3)19-8-11-26(37-4)22(16-19)28(34)21-10-9-20(17-23(21)29)32-27-24(30)6-5-7-25(27)31/h5-11,16-17,32H,1,12-15H2,2-4H3. The van der Waals surface area contributed by atoms with E-state index in [2.05, 4.69) is 11.9 Å². The van der Waals surface area contributed by atoms with Crippen molar-refractivity contribution in [1.82, 2.24) is 4.90 Å². The topological polar surface area (TPSA) is 60.0 Å². The van der Waals surface area contributed by atoms with E-state index in [1.807, 2.05) is 11.0 Å². The molecule has 9 heteroatoms. The zero-order valence-electron chi connectivity index (χ0n) is 20.9. The number of methoxy groups -OCH3 is 3. The van der Waals surface area contributed by atoms with Gasteiger partial charge >= 0.3 is 0 Å². The first-order valence-corrected chi connectivity index (χ1v) is 11.8. The summed E-state index contributed by atoms with van der Waals surface area (Å²) < 4.78 is 43.9. The van der Waals surface area contributed by atoms with Gasteiger partial charge < -0.3 is 24.4 Å². The number of nitrogens with zero attached hydrogens (tertiary/aromatic N) is 1. The Morgan fingerprint density at radius 3 is 2.16 bits per heavy atom. The number of anilines is 2. The number of benzene rings is 3. The second kappa shape index (κ2) is 13.2. The summed E-state index contributed by atoms with van der Waals surface area (Å²) in [6.07, 6.45) is 0. The van der Waals surface area contributed by atoms with Gasteiger partial charge in [0.25, 0.3) is 0 Å². The molecule has 0 radical (unpaired) electrons. The van der Waals surface area contributed by atoms with Crippen LogP contribution < -0.4 is 10.1 Å². The van der Waals surface area contributed by atoms with Crippen LogP contribution in [0.3, 0.4) is 0 Å². The average molecular weight is 531 g/mol. The lowest BCUT2D eigenvalue weighted by Crippen LogP contribution is -2.29. The molecule has 0 aliphatic carbocycles. The molecule has 0 aromatic heterocycles. The van der Waals surface area contributed by atoms with Crippen molar-refractivity contribution in [3.63, 3.8) is 0 Å². The highest BCUT2D eigenvalue weighted by atomic mass is 35.5. The summed E-state index contributed by atoms with van der Waals surface area (Å²) in [7, 11) is 4.72. The van der Waals surface area contributed by atoms with Gasteiger partial charge in [0.15, 0.2) is 5.78 Å². The second-order valence-electron chi connectivity index (χ2n) is 8.08. The average Bonchev–Trinajstić information content (AvgIpc) is 2.90. The second-order valence-corrected chi connectivity index (χ2v) is 8.49. The molecule has 0 atom stereocenters. The van der Waals surface area contributed by atoms with Crippen LogP contribution in [0.25, 0.3) is 5.70 Å². The molecular formula is C28H29ClF2N2O4. The van der Waals surface area contributed by atoms with Crippen LogP contribution in [0.2, 0.25) is 5.02 Å². The van der Waals surface area contributed by atoms with Crippen molar-refractivity contribution in [1.29, 1.82) is 0 Å². The van der Waals surface area contributed by atoms with Crippen LogP contribution in [0.5, 0.6) is 5.75 Å². The minimum Gasteiger partial charge on any atom is -0.496 e. The molecule has 0 bridgehead atoms. The summed E-state index contributed by atoms with van der Waals surface area (Å²) in [5, 5.41) is 2.78. The van der Waals surface area contributed by atoms with E-state index in [0.717, 1.165) is 17.7 Å². The van der Waals surface area contributed by atoms with Gasteiger partial charge in [0, 0.05) is 44.3 Å². The number of carbonyl (C=O) groups excluding carboxylic acids is 1. The lowest BCUT2D eigenvalue weighted by atomic mass is 9.98. The van der Waals surface area contributed by atoms with E-state index in [0.29, 0.717) is 49.0 Å². The number of ketones is 1. The third kappa shape index (κ3) is 6.85. The maximum Gasteiger partial charge on any atom is 0.198 e. The predicted octanol–water partition coefficient (Wildman–Crippen LogP) is 6.17. The highest BCUT2D eigenvalue weighted by molar-refractivity contribution is 6.35. The molecule has 1 N–H and O–H groups in total. The fourth-order valence-electron chi connectivity index (χ4n) is 3.72. The van der Waals surface area contributed by atoms with Gasteiger partial charge in [-0.2, -0.15) is 0 Å². The SMILES string of the molecule is C=C(c1ccc(OC)c(C(=O)c2ccc(Nc3c(F)cccc3F)cc2Cl)c1)N(CCOC)CCOC. The minimum absolute atomic E-state index is 0.111. The third-order valence-corrected chi connectivity index (χ3v) is 6.05. The van der Waals surface area contributed by atoms with Crippen molar-refractivity contribution >= 4 is 34.5 Å². The molecule has 0 saturated carbocycles. The van der Waals surface area contributed by atoms with Crippen molar-refractivity contribution in [3.05, 3.63) is 94.5 Å². The Hall–Kier alpha value is -3.46. The summed E-state index contributed by atoms with van der Waals surface area (Å²) >= 11 is 6.44. The molecule has 0 saturated heterocycles.